The summed E-state index contributed by atoms with van der Waals surface area (Å²) < 4.78 is 13.2. The average molecular weight is 673 g/mol. The van der Waals surface area contributed by atoms with Crippen molar-refractivity contribution >= 4 is 0 Å². The molecule has 0 aromatic rings. The molecule has 0 heterocycles. The van der Waals surface area contributed by atoms with Crippen LogP contribution in [0.15, 0.2) is 0 Å². The third-order valence-corrected chi connectivity index (χ3v) is 18.0. The van der Waals surface area contributed by atoms with Crippen LogP contribution in [0.5, 0.6) is 0 Å². The molecule has 0 saturated carbocycles. The molecule has 5 heteroatoms. The van der Waals surface area contributed by atoms with Gasteiger partial charge in [-0.25, -0.2) is 0 Å². The molecule has 0 N–H and O–H groups in total. The molecule has 0 spiro atoms. The Labute approximate surface area is 291 Å². The van der Waals surface area contributed by atoms with Crippen LogP contribution in [0.1, 0.15) is 209 Å². The van der Waals surface area contributed by atoms with Gasteiger partial charge in [-0.3, -0.25) is 0 Å². The van der Waals surface area contributed by atoms with Crippen molar-refractivity contribution in [3.63, 3.8) is 0 Å². The van der Waals surface area contributed by atoms with E-state index >= 15 is 0 Å². The first-order valence-electron chi connectivity index (χ1n) is 21.1. The number of rotatable bonds is 36. The molecule has 0 bridgehead atoms. The molecule has 0 aromatic carbocycles. The summed E-state index contributed by atoms with van der Waals surface area (Å²) in [7, 11) is 0. The minimum atomic E-state index is -3.18. The molecule has 4 nitrogen and oxygen atoms in total. The maximum absolute atomic E-state index is 3.29. The summed E-state index contributed by atoms with van der Waals surface area (Å²) in [5.74, 6) is 0. The van der Waals surface area contributed by atoms with E-state index in [1.54, 1.807) is 0 Å². The summed E-state index contributed by atoms with van der Waals surface area (Å²) in [6.45, 7) is 29.8. The van der Waals surface area contributed by atoms with E-state index in [0.717, 1.165) is 0 Å². The number of hydrogen-bond donors (Lipinski definition) is 0. The predicted octanol–water partition coefficient (Wildman–Crippen LogP) is 12.5. The third-order valence-electron chi connectivity index (χ3n) is 9.95. The first kappa shape index (κ1) is 45.6. The first-order valence-corrected chi connectivity index (χ1v) is 23.9. The molecule has 0 radical (unpaired) electrons. The summed E-state index contributed by atoms with van der Waals surface area (Å²) in [6, 6.07) is 0. The van der Waals surface area contributed by atoms with Crippen molar-refractivity contribution in [3.8, 4) is 0 Å². The maximum atomic E-state index is 3.29. The van der Waals surface area contributed by atoms with Crippen LogP contribution >= 0.6 is 0 Å². The van der Waals surface area contributed by atoms with Crippen LogP contribution < -0.4 is 0 Å². The fourth-order valence-corrected chi connectivity index (χ4v) is 16.7. The van der Waals surface area contributed by atoms with Gasteiger partial charge < -0.3 is 0 Å². The molecule has 0 aliphatic carbocycles. The van der Waals surface area contributed by atoms with Gasteiger partial charge in [0.15, 0.2) is 0 Å². The van der Waals surface area contributed by atoms with Crippen molar-refractivity contribution in [1.82, 2.24) is 13.5 Å². The van der Waals surface area contributed by atoms with Crippen LogP contribution in [0.25, 0.3) is 0 Å². The average Bonchev–Trinajstić information content (AvgIpc) is 3.04. The zero-order chi connectivity index (χ0) is 33.4. The molecular weight excluding hydrogens is 584 g/mol. The molecule has 0 aliphatic rings. The molecule has 0 fully saturated rings. The molecule has 0 aromatic heterocycles. The van der Waals surface area contributed by atoms with Crippen LogP contribution in [-0.2, 0) is 17.6 Å². The SMILES string of the molecule is CCCCC[N](CCCCC)[Ti]([N](CCCCC)CCCCC)([N](CCCCC)CCCCC)[N](CCCCC)CCCCC. The van der Waals surface area contributed by atoms with Gasteiger partial charge in [0.1, 0.15) is 0 Å². The van der Waals surface area contributed by atoms with E-state index in [2.05, 4.69) is 68.9 Å². The van der Waals surface area contributed by atoms with Gasteiger partial charge in [0.25, 0.3) is 0 Å². The van der Waals surface area contributed by atoms with Gasteiger partial charge in [-0.05, 0) is 0 Å². The Morgan fingerprint density at radius 1 is 0.222 bits per heavy atom. The van der Waals surface area contributed by atoms with Gasteiger partial charge in [0, 0.05) is 0 Å². The first-order chi connectivity index (χ1) is 22.1. The molecule has 0 rings (SSSR count). The molecule has 0 unspecified atom stereocenters. The number of nitrogens with zero attached hydrogens (tertiary/aromatic N) is 4. The minimum absolute atomic E-state index is 1.33. The quantitative estimate of drug-likeness (QED) is 0.0485. The zero-order valence-corrected chi connectivity index (χ0v) is 34.5. The predicted molar refractivity (Wildman–Crippen MR) is 202 cm³/mol. The normalized spacial score (nSPS) is 12.5. The monoisotopic (exact) mass is 673 g/mol. The fraction of sp³-hybridized carbons (Fsp3) is 1.00. The summed E-state index contributed by atoms with van der Waals surface area (Å²) in [6.07, 6.45) is 32.7. The molecule has 272 valence electrons. The van der Waals surface area contributed by atoms with Crippen LogP contribution in [0.3, 0.4) is 0 Å². The van der Waals surface area contributed by atoms with Crippen molar-refractivity contribution < 1.29 is 17.6 Å². The fourth-order valence-electron chi connectivity index (χ4n) is 7.27. The zero-order valence-electron chi connectivity index (χ0n) is 32.9. The van der Waals surface area contributed by atoms with E-state index in [1.807, 2.05) is 0 Å². The Morgan fingerprint density at radius 2 is 0.356 bits per heavy atom. The van der Waals surface area contributed by atoms with E-state index in [4.69, 9.17) is 0 Å². The van der Waals surface area contributed by atoms with Crippen LogP contribution in [-0.4, -0.2) is 65.9 Å². The van der Waals surface area contributed by atoms with Gasteiger partial charge in [-0.2, -0.15) is 0 Å². The summed E-state index contributed by atoms with van der Waals surface area (Å²) in [5, 5.41) is 0. The number of unbranched alkanes of at least 4 members (excludes halogenated alkanes) is 16. The van der Waals surface area contributed by atoms with E-state index in [0.29, 0.717) is 0 Å². The molecular formula is C40H88N4Ti. The van der Waals surface area contributed by atoms with Crippen molar-refractivity contribution in [3.05, 3.63) is 0 Å². The standard InChI is InChI=1S/4C10H22N.Ti/c4*1-3-5-7-9-11-10-8-6-4-2;/h4*3-10H2,1-2H3;/q4*-1;+4. The van der Waals surface area contributed by atoms with Gasteiger partial charge in [-0.1, -0.05) is 0 Å². The molecule has 0 amide bonds. The second-order valence-corrected chi connectivity index (χ2v) is 20.0. The van der Waals surface area contributed by atoms with E-state index in [-0.39, 0.29) is 0 Å². The Kier molecular flexibility index (Phi) is 33.5. The Hall–Kier alpha value is 0.554. The summed E-state index contributed by atoms with van der Waals surface area (Å²) in [4.78, 5) is 0. The van der Waals surface area contributed by atoms with E-state index in [1.165, 1.54) is 206 Å². The third kappa shape index (κ3) is 19.4. The second-order valence-electron chi connectivity index (χ2n) is 14.2. The molecule has 0 atom stereocenters. The second kappa shape index (κ2) is 33.1. The van der Waals surface area contributed by atoms with Crippen LogP contribution in [0.4, 0.5) is 0 Å². The van der Waals surface area contributed by atoms with E-state index in [9.17, 15) is 0 Å². The molecule has 45 heavy (non-hydrogen) atoms. The summed E-state index contributed by atoms with van der Waals surface area (Å²) in [5.41, 5.74) is 0. The van der Waals surface area contributed by atoms with Gasteiger partial charge in [0.05, 0.1) is 0 Å². The van der Waals surface area contributed by atoms with E-state index < -0.39 is 17.6 Å². The Bertz CT molecular complexity index is 447. The Morgan fingerprint density at radius 3 is 0.467 bits per heavy atom. The Balaban J connectivity index is 7.55. The van der Waals surface area contributed by atoms with Gasteiger partial charge in [0.2, 0.25) is 0 Å². The van der Waals surface area contributed by atoms with Crippen molar-refractivity contribution in [2.45, 2.75) is 209 Å². The van der Waals surface area contributed by atoms with Gasteiger partial charge >= 0.3 is 293 Å². The molecule has 0 aliphatic heterocycles. The summed E-state index contributed by atoms with van der Waals surface area (Å²) >= 11 is -3.18. The topological polar surface area (TPSA) is 13.0 Å². The van der Waals surface area contributed by atoms with Crippen molar-refractivity contribution in [1.29, 1.82) is 0 Å². The molecule has 0 saturated heterocycles. The van der Waals surface area contributed by atoms with Crippen LogP contribution in [0.2, 0.25) is 0 Å². The van der Waals surface area contributed by atoms with Gasteiger partial charge in [-0.15, -0.1) is 0 Å². The van der Waals surface area contributed by atoms with Crippen molar-refractivity contribution in [2.24, 2.45) is 0 Å². The van der Waals surface area contributed by atoms with Crippen molar-refractivity contribution in [2.75, 3.05) is 52.4 Å². The van der Waals surface area contributed by atoms with Crippen LogP contribution in [0, 0.1) is 0 Å². The number of hydrogen-bond acceptors (Lipinski definition) is 4.